The Morgan fingerprint density at radius 1 is 1.04 bits per heavy atom. The Kier molecular flexibility index (Phi) is 4.98. The van der Waals surface area contributed by atoms with Crippen molar-refractivity contribution in [3.8, 4) is 0 Å². The van der Waals surface area contributed by atoms with E-state index in [2.05, 4.69) is 5.32 Å². The lowest BCUT2D eigenvalue weighted by Gasteiger charge is -2.20. The monoisotopic (exact) mass is 369 g/mol. The van der Waals surface area contributed by atoms with Crippen molar-refractivity contribution >= 4 is 29.3 Å². The molecule has 1 N–H and O–H groups in total. The Labute approximate surface area is 154 Å². The van der Waals surface area contributed by atoms with E-state index in [0.717, 1.165) is 15.9 Å². The van der Waals surface area contributed by atoms with Gasteiger partial charge in [-0.3, -0.25) is 24.1 Å². The normalized spacial score (nSPS) is 12.7. The molecule has 0 bridgehead atoms. The number of rotatable bonds is 5. The van der Waals surface area contributed by atoms with Crippen molar-refractivity contribution in [2.45, 2.75) is 0 Å². The Morgan fingerprint density at radius 2 is 1.67 bits per heavy atom. The van der Waals surface area contributed by atoms with Gasteiger partial charge in [-0.1, -0.05) is 18.2 Å². The van der Waals surface area contributed by atoms with Crippen LogP contribution in [0.3, 0.4) is 0 Å². The highest BCUT2D eigenvalue weighted by Gasteiger charge is 2.36. The number of nitrogens with one attached hydrogen (secondary N) is 1. The molecule has 1 aliphatic heterocycles. The van der Waals surface area contributed by atoms with Crippen molar-refractivity contribution < 1.29 is 23.6 Å². The lowest BCUT2D eigenvalue weighted by atomic mass is 10.1. The van der Waals surface area contributed by atoms with Gasteiger partial charge < -0.3 is 10.2 Å². The molecule has 1 aliphatic rings. The molecule has 0 fully saturated rings. The summed E-state index contributed by atoms with van der Waals surface area (Å²) in [6.45, 7) is -0.769. The molecule has 3 rings (SSSR count). The molecule has 0 unspecified atom stereocenters. The average Bonchev–Trinajstić information content (AvgIpc) is 2.87. The van der Waals surface area contributed by atoms with E-state index in [1.807, 2.05) is 0 Å². The highest BCUT2D eigenvalue weighted by atomic mass is 19.1. The Bertz CT molecular complexity index is 909. The molecule has 2 aromatic rings. The fraction of sp³-hybridized carbons (Fsp3) is 0.158. The third-order valence-electron chi connectivity index (χ3n) is 4.09. The third-order valence-corrected chi connectivity index (χ3v) is 4.09. The number of benzene rings is 2. The first kappa shape index (κ1) is 18.2. The van der Waals surface area contributed by atoms with Gasteiger partial charge in [-0.15, -0.1) is 0 Å². The zero-order valence-electron chi connectivity index (χ0n) is 14.4. The van der Waals surface area contributed by atoms with Gasteiger partial charge in [0.25, 0.3) is 11.8 Å². The summed E-state index contributed by atoms with van der Waals surface area (Å²) in [7, 11) is 1.38. The van der Waals surface area contributed by atoms with E-state index >= 15 is 0 Å². The molecule has 0 atom stereocenters. The van der Waals surface area contributed by atoms with Crippen LogP contribution in [0.15, 0.2) is 48.5 Å². The summed E-state index contributed by atoms with van der Waals surface area (Å²) in [5, 5.41) is 2.47. The van der Waals surface area contributed by atoms with Gasteiger partial charge in [-0.25, -0.2) is 4.39 Å². The molecular weight excluding hydrogens is 353 g/mol. The second-order valence-corrected chi connectivity index (χ2v) is 6.05. The second-order valence-electron chi connectivity index (χ2n) is 6.05. The number of anilines is 1. The van der Waals surface area contributed by atoms with Crippen LogP contribution in [-0.2, 0) is 9.59 Å². The first-order chi connectivity index (χ1) is 12.9. The number of carbonyl (C=O) groups excluding carboxylic acids is 4. The minimum absolute atomic E-state index is 0.252. The first-order valence-electron chi connectivity index (χ1n) is 8.11. The number of fused-ring (bicyclic) bond motifs is 1. The Hall–Kier alpha value is -3.55. The summed E-state index contributed by atoms with van der Waals surface area (Å²) in [6.07, 6.45) is 0. The van der Waals surface area contributed by atoms with E-state index in [1.54, 1.807) is 12.1 Å². The van der Waals surface area contributed by atoms with Gasteiger partial charge in [-0.2, -0.15) is 0 Å². The van der Waals surface area contributed by atoms with Crippen LogP contribution in [0.2, 0.25) is 0 Å². The molecule has 4 amide bonds. The number of hydrogen-bond donors (Lipinski definition) is 1. The van der Waals surface area contributed by atoms with E-state index in [-0.39, 0.29) is 23.4 Å². The maximum absolute atomic E-state index is 13.1. The predicted octanol–water partition coefficient (Wildman–Crippen LogP) is 1.52. The molecule has 0 aromatic heterocycles. The van der Waals surface area contributed by atoms with Gasteiger partial charge >= 0.3 is 0 Å². The largest absolute Gasteiger partial charge is 0.335 e. The van der Waals surface area contributed by atoms with Crippen LogP contribution in [-0.4, -0.2) is 53.6 Å². The van der Waals surface area contributed by atoms with Crippen molar-refractivity contribution in [3.05, 3.63) is 65.5 Å². The summed E-state index contributed by atoms with van der Waals surface area (Å²) in [5.74, 6) is -2.68. The highest BCUT2D eigenvalue weighted by Crippen LogP contribution is 2.22. The van der Waals surface area contributed by atoms with Gasteiger partial charge in [-0.05, 0) is 30.3 Å². The third kappa shape index (κ3) is 3.84. The molecule has 8 heteroatoms. The fourth-order valence-electron chi connectivity index (χ4n) is 2.71. The summed E-state index contributed by atoms with van der Waals surface area (Å²) in [5.41, 5.74) is 0.768. The van der Waals surface area contributed by atoms with E-state index in [9.17, 15) is 23.6 Å². The van der Waals surface area contributed by atoms with E-state index in [1.165, 1.54) is 37.4 Å². The smallest absolute Gasteiger partial charge is 0.262 e. The van der Waals surface area contributed by atoms with Crippen LogP contribution in [0.5, 0.6) is 0 Å². The van der Waals surface area contributed by atoms with Gasteiger partial charge in [0.2, 0.25) is 11.8 Å². The van der Waals surface area contributed by atoms with Crippen LogP contribution in [0.25, 0.3) is 0 Å². The van der Waals surface area contributed by atoms with Crippen molar-refractivity contribution in [3.63, 3.8) is 0 Å². The van der Waals surface area contributed by atoms with E-state index < -0.39 is 36.0 Å². The molecule has 0 radical (unpaired) electrons. The van der Waals surface area contributed by atoms with Gasteiger partial charge in [0, 0.05) is 12.7 Å². The van der Waals surface area contributed by atoms with E-state index in [4.69, 9.17) is 0 Å². The molecule has 1 heterocycles. The van der Waals surface area contributed by atoms with Crippen molar-refractivity contribution in [1.29, 1.82) is 0 Å². The molecule has 0 saturated carbocycles. The molecule has 138 valence electrons. The predicted molar refractivity (Wildman–Crippen MR) is 94.5 cm³/mol. The van der Waals surface area contributed by atoms with Crippen LogP contribution >= 0.6 is 0 Å². The number of carbonyl (C=O) groups is 4. The zero-order valence-corrected chi connectivity index (χ0v) is 14.4. The van der Waals surface area contributed by atoms with Crippen LogP contribution < -0.4 is 5.32 Å². The van der Waals surface area contributed by atoms with Crippen LogP contribution in [0, 0.1) is 5.82 Å². The summed E-state index contributed by atoms with van der Waals surface area (Å²) < 4.78 is 13.1. The SMILES string of the molecule is CN(CC(=O)Nc1cccc(F)c1)C(=O)CN1C(=O)c2ccccc2C1=O. The quantitative estimate of drug-likeness (QED) is 0.810. The minimum Gasteiger partial charge on any atom is -0.335 e. The maximum atomic E-state index is 13.1. The van der Waals surface area contributed by atoms with Crippen molar-refractivity contribution in [2.24, 2.45) is 0 Å². The lowest BCUT2D eigenvalue weighted by molar-refractivity contribution is -0.133. The van der Waals surface area contributed by atoms with Gasteiger partial charge in [0.15, 0.2) is 0 Å². The Balaban J connectivity index is 1.59. The molecule has 0 saturated heterocycles. The molecular formula is C19H16FN3O4. The number of likely N-dealkylation sites (N-methyl/N-ethyl adjacent to an activating group) is 1. The average molecular weight is 369 g/mol. The molecule has 27 heavy (non-hydrogen) atoms. The summed E-state index contributed by atoms with van der Waals surface area (Å²) >= 11 is 0. The molecule has 7 nitrogen and oxygen atoms in total. The number of hydrogen-bond acceptors (Lipinski definition) is 4. The number of nitrogens with zero attached hydrogens (tertiary/aromatic N) is 2. The standard InChI is InChI=1S/C19H16FN3O4/c1-22(10-16(24)21-13-6-4-5-12(20)9-13)17(25)11-23-18(26)14-7-2-3-8-15(14)19(23)27/h2-9H,10-11H2,1H3,(H,21,24). The van der Waals surface area contributed by atoms with Gasteiger partial charge in [0.1, 0.15) is 12.4 Å². The summed E-state index contributed by atoms with van der Waals surface area (Å²) in [6, 6.07) is 11.7. The minimum atomic E-state index is -0.570. The second kappa shape index (κ2) is 7.36. The lowest BCUT2D eigenvalue weighted by Crippen LogP contribution is -2.43. The zero-order chi connectivity index (χ0) is 19.6. The van der Waals surface area contributed by atoms with Crippen LogP contribution in [0.1, 0.15) is 20.7 Å². The highest BCUT2D eigenvalue weighted by molar-refractivity contribution is 6.22. The molecule has 2 aromatic carbocycles. The van der Waals surface area contributed by atoms with Gasteiger partial charge in [0.05, 0.1) is 17.7 Å². The first-order valence-corrected chi connectivity index (χ1v) is 8.11. The topological polar surface area (TPSA) is 86.8 Å². The summed E-state index contributed by atoms with van der Waals surface area (Å²) in [4.78, 5) is 50.8. The number of imide groups is 1. The number of amides is 4. The fourth-order valence-corrected chi connectivity index (χ4v) is 2.71. The van der Waals surface area contributed by atoms with Crippen LogP contribution in [0.4, 0.5) is 10.1 Å². The van der Waals surface area contributed by atoms with Crippen molar-refractivity contribution in [2.75, 3.05) is 25.5 Å². The molecule has 0 spiro atoms. The maximum Gasteiger partial charge on any atom is 0.262 e. The van der Waals surface area contributed by atoms with Crippen molar-refractivity contribution in [1.82, 2.24) is 9.80 Å². The van der Waals surface area contributed by atoms with E-state index in [0.29, 0.717) is 0 Å². The Morgan fingerprint density at radius 3 is 2.26 bits per heavy atom. The number of halogens is 1. The molecule has 0 aliphatic carbocycles.